The highest BCUT2D eigenvalue weighted by atomic mass is 32.2. The van der Waals surface area contributed by atoms with Crippen LogP contribution in [-0.2, 0) is 20.0 Å². The average Bonchev–Trinajstić information content (AvgIpc) is 2.27. The molecule has 0 heterocycles. The molecular weight excluding hydrogens is 288 g/mol. The lowest BCUT2D eigenvalue weighted by Crippen LogP contribution is -2.28. The topological polar surface area (TPSA) is 92.3 Å². The molecule has 116 valence electrons. The third-order valence-electron chi connectivity index (χ3n) is 2.44. The Morgan fingerprint density at radius 3 is 1.37 bits per heavy atom. The largest absolute Gasteiger partial charge is 0.215 e. The molecule has 0 aromatic carbocycles. The molecule has 0 aliphatic carbocycles. The Balaban J connectivity index is 3.57. The van der Waals surface area contributed by atoms with Crippen molar-refractivity contribution in [1.82, 2.24) is 9.44 Å². The van der Waals surface area contributed by atoms with Gasteiger partial charge < -0.3 is 0 Å². The van der Waals surface area contributed by atoms with Gasteiger partial charge in [0, 0.05) is 13.1 Å². The Hall–Kier alpha value is -0.180. The maximum Gasteiger partial charge on any atom is 0.211 e. The van der Waals surface area contributed by atoms with E-state index in [4.69, 9.17) is 0 Å². The Kier molecular flexibility index (Phi) is 9.59. The summed E-state index contributed by atoms with van der Waals surface area (Å²) in [7, 11) is -6.23. The van der Waals surface area contributed by atoms with Crippen LogP contribution in [0.5, 0.6) is 0 Å². The third-order valence-corrected chi connectivity index (χ3v) is 5.62. The van der Waals surface area contributed by atoms with Crippen LogP contribution in [0.2, 0.25) is 0 Å². The molecular formula is C11H26N2O4S2. The fourth-order valence-corrected chi connectivity index (χ4v) is 3.84. The fraction of sp³-hybridized carbons (Fsp3) is 1.00. The van der Waals surface area contributed by atoms with E-state index < -0.39 is 20.0 Å². The van der Waals surface area contributed by atoms with Gasteiger partial charge in [-0.1, -0.05) is 20.3 Å². The van der Waals surface area contributed by atoms with Crippen molar-refractivity contribution in [1.29, 1.82) is 0 Å². The average molecular weight is 314 g/mol. The minimum atomic E-state index is -3.12. The summed E-state index contributed by atoms with van der Waals surface area (Å²) in [5.74, 6) is 0.313. The highest BCUT2D eigenvalue weighted by Gasteiger charge is 2.08. The molecule has 8 heteroatoms. The van der Waals surface area contributed by atoms with Crippen LogP contribution < -0.4 is 9.44 Å². The minimum Gasteiger partial charge on any atom is -0.215 e. The molecule has 0 amide bonds. The number of nitrogens with one attached hydrogen (secondary N) is 2. The molecule has 19 heavy (non-hydrogen) atoms. The van der Waals surface area contributed by atoms with E-state index >= 15 is 0 Å². The standard InChI is InChI=1S/C11H26N2O4S2/c1-3-10-18(14,15)12-8-6-5-7-9-13-19(16,17)11-4-2/h12-13H,3-11H2,1-2H3. The maximum absolute atomic E-state index is 11.3. The van der Waals surface area contributed by atoms with Gasteiger partial charge in [-0.3, -0.25) is 0 Å². The van der Waals surface area contributed by atoms with Gasteiger partial charge in [0.2, 0.25) is 20.0 Å². The van der Waals surface area contributed by atoms with Crippen LogP contribution in [0.25, 0.3) is 0 Å². The van der Waals surface area contributed by atoms with E-state index in [0.29, 0.717) is 25.9 Å². The third kappa shape index (κ3) is 11.4. The first kappa shape index (κ1) is 18.8. The van der Waals surface area contributed by atoms with E-state index in [0.717, 1.165) is 19.3 Å². The molecule has 0 saturated carbocycles. The maximum atomic E-state index is 11.3. The predicted molar refractivity (Wildman–Crippen MR) is 78.0 cm³/mol. The van der Waals surface area contributed by atoms with Crippen molar-refractivity contribution in [3.05, 3.63) is 0 Å². The number of hydrogen-bond donors (Lipinski definition) is 2. The zero-order chi connectivity index (χ0) is 14.8. The molecule has 0 aliphatic rings. The van der Waals surface area contributed by atoms with Crippen molar-refractivity contribution in [2.24, 2.45) is 0 Å². The first-order chi connectivity index (χ1) is 8.83. The van der Waals surface area contributed by atoms with E-state index in [1.807, 2.05) is 13.8 Å². The summed E-state index contributed by atoms with van der Waals surface area (Å²) in [5.41, 5.74) is 0. The second-order valence-electron chi connectivity index (χ2n) is 4.49. The predicted octanol–water partition coefficient (Wildman–Crippen LogP) is 0.816. The van der Waals surface area contributed by atoms with E-state index in [1.54, 1.807) is 0 Å². The lowest BCUT2D eigenvalue weighted by atomic mass is 10.2. The van der Waals surface area contributed by atoms with Crippen LogP contribution in [0.1, 0.15) is 46.0 Å². The van der Waals surface area contributed by atoms with Crippen LogP contribution >= 0.6 is 0 Å². The van der Waals surface area contributed by atoms with Crippen molar-refractivity contribution in [2.45, 2.75) is 46.0 Å². The Morgan fingerprint density at radius 1 is 0.684 bits per heavy atom. The lowest BCUT2D eigenvalue weighted by molar-refractivity contribution is 0.567. The zero-order valence-corrected chi connectivity index (χ0v) is 13.4. The summed E-state index contributed by atoms with van der Waals surface area (Å²) >= 11 is 0. The lowest BCUT2D eigenvalue weighted by Gasteiger charge is -2.06. The van der Waals surface area contributed by atoms with Crippen LogP contribution in [0.4, 0.5) is 0 Å². The van der Waals surface area contributed by atoms with Crippen LogP contribution in [0, 0.1) is 0 Å². The van der Waals surface area contributed by atoms with Crippen molar-refractivity contribution in [3.8, 4) is 0 Å². The van der Waals surface area contributed by atoms with E-state index in [2.05, 4.69) is 9.44 Å². The molecule has 6 nitrogen and oxygen atoms in total. The molecule has 0 atom stereocenters. The first-order valence-corrected chi connectivity index (χ1v) is 10.1. The highest BCUT2D eigenvalue weighted by Crippen LogP contribution is 1.96. The normalized spacial score (nSPS) is 12.7. The molecule has 0 aliphatic heterocycles. The van der Waals surface area contributed by atoms with Gasteiger partial charge in [0.1, 0.15) is 0 Å². The molecule has 0 rings (SSSR count). The number of unbranched alkanes of at least 4 members (excludes halogenated alkanes) is 2. The van der Waals surface area contributed by atoms with Gasteiger partial charge in [-0.2, -0.15) is 0 Å². The minimum absolute atomic E-state index is 0.157. The van der Waals surface area contributed by atoms with E-state index in [-0.39, 0.29) is 11.5 Å². The van der Waals surface area contributed by atoms with Gasteiger partial charge in [0.05, 0.1) is 11.5 Å². The zero-order valence-electron chi connectivity index (χ0n) is 11.8. The fourth-order valence-electron chi connectivity index (χ4n) is 1.56. The second-order valence-corrected chi connectivity index (χ2v) is 8.34. The molecule has 0 aromatic heterocycles. The number of rotatable bonds is 12. The Labute approximate surface area is 117 Å². The SMILES string of the molecule is CCCS(=O)(=O)NCCCCCNS(=O)(=O)CCC. The molecule has 0 bridgehead atoms. The van der Waals surface area contributed by atoms with Gasteiger partial charge in [-0.25, -0.2) is 26.3 Å². The molecule has 0 aromatic rings. The highest BCUT2D eigenvalue weighted by molar-refractivity contribution is 7.89. The summed E-state index contributed by atoms with van der Waals surface area (Å²) in [4.78, 5) is 0. The monoisotopic (exact) mass is 314 g/mol. The number of sulfonamides is 2. The van der Waals surface area contributed by atoms with E-state index in [1.165, 1.54) is 0 Å². The summed E-state index contributed by atoms with van der Waals surface area (Å²) in [6.07, 6.45) is 3.45. The molecule has 0 saturated heterocycles. The van der Waals surface area contributed by atoms with Crippen LogP contribution in [0.3, 0.4) is 0 Å². The summed E-state index contributed by atoms with van der Waals surface area (Å²) in [6, 6.07) is 0. The Morgan fingerprint density at radius 2 is 1.05 bits per heavy atom. The van der Waals surface area contributed by atoms with Gasteiger partial charge >= 0.3 is 0 Å². The van der Waals surface area contributed by atoms with Crippen molar-refractivity contribution in [3.63, 3.8) is 0 Å². The summed E-state index contributed by atoms with van der Waals surface area (Å²) in [5, 5.41) is 0. The molecule has 0 fully saturated rings. The Bertz CT molecular complexity index is 378. The number of hydrogen-bond acceptors (Lipinski definition) is 4. The van der Waals surface area contributed by atoms with Crippen molar-refractivity contribution >= 4 is 20.0 Å². The second kappa shape index (κ2) is 9.68. The van der Waals surface area contributed by atoms with Crippen LogP contribution in [-0.4, -0.2) is 41.4 Å². The first-order valence-electron chi connectivity index (χ1n) is 6.77. The molecule has 0 unspecified atom stereocenters. The summed E-state index contributed by atoms with van der Waals surface area (Å²) < 4.78 is 50.3. The van der Waals surface area contributed by atoms with Gasteiger partial charge in [-0.15, -0.1) is 0 Å². The summed E-state index contributed by atoms with van der Waals surface area (Å²) in [6.45, 7) is 4.48. The van der Waals surface area contributed by atoms with Crippen LogP contribution in [0.15, 0.2) is 0 Å². The van der Waals surface area contributed by atoms with Gasteiger partial charge in [0.25, 0.3) is 0 Å². The van der Waals surface area contributed by atoms with Gasteiger partial charge in [-0.05, 0) is 25.7 Å². The quantitative estimate of drug-likeness (QED) is 0.522. The molecule has 0 radical (unpaired) electrons. The smallest absolute Gasteiger partial charge is 0.211 e. The molecule has 0 spiro atoms. The van der Waals surface area contributed by atoms with Gasteiger partial charge in [0.15, 0.2) is 0 Å². The van der Waals surface area contributed by atoms with E-state index in [9.17, 15) is 16.8 Å². The molecule has 2 N–H and O–H groups in total. The van der Waals surface area contributed by atoms with Crippen molar-refractivity contribution in [2.75, 3.05) is 24.6 Å². The van der Waals surface area contributed by atoms with Crippen molar-refractivity contribution < 1.29 is 16.8 Å².